The number of anilines is 1. The fourth-order valence-electron chi connectivity index (χ4n) is 2.15. The van der Waals surface area contributed by atoms with Crippen LogP contribution < -0.4 is 11.3 Å². The highest BCUT2D eigenvalue weighted by Gasteiger charge is 2.10. The van der Waals surface area contributed by atoms with E-state index in [0.29, 0.717) is 11.8 Å². The number of pyridine rings is 1. The molecule has 0 aliphatic heterocycles. The molecule has 1 aromatic heterocycles. The molecular weight excluding hydrogens is 224 g/mol. The Kier molecular flexibility index (Phi) is 6.09. The fraction of sp³-hybridized carbons (Fsp3) is 0.643. The molecule has 102 valence electrons. The Morgan fingerprint density at radius 1 is 1.22 bits per heavy atom. The molecule has 18 heavy (non-hydrogen) atoms. The van der Waals surface area contributed by atoms with Crippen molar-refractivity contribution < 1.29 is 0 Å². The number of nitrogens with zero attached hydrogens (tertiary/aromatic N) is 2. The van der Waals surface area contributed by atoms with Crippen LogP contribution in [0.5, 0.6) is 0 Å². The molecule has 0 aromatic carbocycles. The van der Waals surface area contributed by atoms with E-state index in [1.807, 2.05) is 6.07 Å². The van der Waals surface area contributed by atoms with Crippen LogP contribution in [0, 0.1) is 11.8 Å². The first-order chi connectivity index (χ1) is 8.51. The number of aromatic nitrogens is 1. The lowest BCUT2D eigenvalue weighted by Gasteiger charge is -2.26. The van der Waals surface area contributed by atoms with Crippen molar-refractivity contribution in [1.29, 1.82) is 0 Å². The van der Waals surface area contributed by atoms with Crippen molar-refractivity contribution in [3.63, 3.8) is 0 Å². The van der Waals surface area contributed by atoms with Crippen LogP contribution in [0.15, 0.2) is 18.3 Å². The summed E-state index contributed by atoms with van der Waals surface area (Å²) in [6.07, 6.45) is 1.80. The lowest BCUT2D eigenvalue weighted by Crippen LogP contribution is -2.31. The number of hydrogen-bond acceptors (Lipinski definition) is 4. The normalized spacial score (nSPS) is 11.6. The monoisotopic (exact) mass is 250 g/mol. The fourth-order valence-corrected chi connectivity index (χ4v) is 2.15. The van der Waals surface area contributed by atoms with Gasteiger partial charge in [-0.2, -0.15) is 0 Å². The van der Waals surface area contributed by atoms with Crippen LogP contribution in [0.4, 0.5) is 5.82 Å². The van der Waals surface area contributed by atoms with E-state index in [9.17, 15) is 0 Å². The van der Waals surface area contributed by atoms with Gasteiger partial charge in [0, 0.05) is 25.8 Å². The summed E-state index contributed by atoms with van der Waals surface area (Å²) in [5.41, 5.74) is 3.84. The molecule has 4 nitrogen and oxygen atoms in total. The van der Waals surface area contributed by atoms with Crippen molar-refractivity contribution in [1.82, 2.24) is 9.88 Å². The molecule has 0 amide bonds. The second kappa shape index (κ2) is 7.34. The third kappa shape index (κ3) is 5.47. The smallest absolute Gasteiger partial charge is 0.140 e. The Bertz CT molecular complexity index is 339. The molecule has 3 N–H and O–H groups in total. The van der Waals surface area contributed by atoms with E-state index in [1.165, 1.54) is 5.56 Å². The van der Waals surface area contributed by atoms with Gasteiger partial charge in [0.2, 0.25) is 0 Å². The van der Waals surface area contributed by atoms with Gasteiger partial charge < -0.3 is 5.43 Å². The summed E-state index contributed by atoms with van der Waals surface area (Å²) in [6, 6.07) is 4.06. The van der Waals surface area contributed by atoms with Crippen molar-refractivity contribution >= 4 is 5.82 Å². The highest BCUT2D eigenvalue weighted by atomic mass is 15.2. The van der Waals surface area contributed by atoms with E-state index < -0.39 is 0 Å². The number of nitrogens with one attached hydrogen (secondary N) is 1. The van der Waals surface area contributed by atoms with Gasteiger partial charge in [0.05, 0.1) is 0 Å². The molecular formula is C14H26N4. The maximum absolute atomic E-state index is 5.38. The molecule has 0 aliphatic carbocycles. The average Bonchev–Trinajstić information content (AvgIpc) is 2.27. The second-order valence-electron chi connectivity index (χ2n) is 5.68. The standard InChI is InChI=1S/C14H26N4/c1-11(2)8-18(9-12(3)4)10-13-5-6-16-14(7-13)17-15/h5-7,11-12H,8-10,15H2,1-4H3,(H,16,17). The summed E-state index contributed by atoms with van der Waals surface area (Å²) in [5.74, 6) is 7.47. The van der Waals surface area contributed by atoms with Gasteiger partial charge in [-0.3, -0.25) is 4.90 Å². The van der Waals surface area contributed by atoms with E-state index >= 15 is 0 Å². The molecule has 0 aliphatic rings. The van der Waals surface area contributed by atoms with Crippen molar-refractivity contribution in [2.75, 3.05) is 18.5 Å². The highest BCUT2D eigenvalue weighted by Crippen LogP contribution is 2.12. The molecule has 4 heteroatoms. The van der Waals surface area contributed by atoms with Gasteiger partial charge >= 0.3 is 0 Å². The van der Waals surface area contributed by atoms with Crippen LogP contribution in [0.2, 0.25) is 0 Å². The van der Waals surface area contributed by atoms with E-state index in [0.717, 1.165) is 25.5 Å². The predicted octanol–water partition coefficient (Wildman–Crippen LogP) is 2.48. The summed E-state index contributed by atoms with van der Waals surface area (Å²) in [6.45, 7) is 12.2. The summed E-state index contributed by atoms with van der Waals surface area (Å²) >= 11 is 0. The zero-order chi connectivity index (χ0) is 13.5. The van der Waals surface area contributed by atoms with Crippen LogP contribution >= 0.6 is 0 Å². The van der Waals surface area contributed by atoms with E-state index in [2.05, 4.69) is 49.1 Å². The van der Waals surface area contributed by atoms with Crippen LogP contribution in [-0.2, 0) is 6.54 Å². The second-order valence-corrected chi connectivity index (χ2v) is 5.68. The van der Waals surface area contributed by atoms with Crippen molar-refractivity contribution in [3.05, 3.63) is 23.9 Å². The first-order valence-corrected chi connectivity index (χ1v) is 6.65. The molecule has 1 aromatic rings. The van der Waals surface area contributed by atoms with Crippen LogP contribution in [0.1, 0.15) is 33.3 Å². The van der Waals surface area contributed by atoms with Crippen LogP contribution in [-0.4, -0.2) is 23.0 Å². The summed E-state index contributed by atoms with van der Waals surface area (Å²) in [7, 11) is 0. The first-order valence-electron chi connectivity index (χ1n) is 6.65. The van der Waals surface area contributed by atoms with Gasteiger partial charge in [0.1, 0.15) is 5.82 Å². The Labute approximate surface area is 111 Å². The molecule has 1 rings (SSSR count). The number of hydrogen-bond donors (Lipinski definition) is 2. The van der Waals surface area contributed by atoms with Gasteiger partial charge in [-0.15, -0.1) is 0 Å². The van der Waals surface area contributed by atoms with E-state index in [4.69, 9.17) is 5.84 Å². The zero-order valence-electron chi connectivity index (χ0n) is 12.0. The molecule has 0 saturated carbocycles. The molecule has 0 bridgehead atoms. The van der Waals surface area contributed by atoms with Gasteiger partial charge in [0.25, 0.3) is 0 Å². The molecule has 0 atom stereocenters. The van der Waals surface area contributed by atoms with Crippen molar-refractivity contribution in [2.24, 2.45) is 17.7 Å². The summed E-state index contributed by atoms with van der Waals surface area (Å²) < 4.78 is 0. The third-order valence-corrected chi connectivity index (χ3v) is 2.63. The molecule has 0 radical (unpaired) electrons. The van der Waals surface area contributed by atoms with Gasteiger partial charge in [-0.25, -0.2) is 10.8 Å². The molecule has 1 heterocycles. The Balaban J connectivity index is 2.68. The average molecular weight is 250 g/mol. The minimum atomic E-state index is 0.678. The lowest BCUT2D eigenvalue weighted by molar-refractivity contribution is 0.211. The SMILES string of the molecule is CC(C)CN(Cc1ccnc(NN)c1)CC(C)C. The van der Waals surface area contributed by atoms with E-state index in [-0.39, 0.29) is 0 Å². The predicted molar refractivity (Wildman–Crippen MR) is 77.0 cm³/mol. The lowest BCUT2D eigenvalue weighted by atomic mass is 10.1. The minimum absolute atomic E-state index is 0.678. The molecule has 0 fully saturated rings. The number of nitrogens with two attached hydrogens (primary N) is 1. The maximum Gasteiger partial charge on any atom is 0.140 e. The maximum atomic E-state index is 5.38. The number of rotatable bonds is 7. The van der Waals surface area contributed by atoms with Crippen molar-refractivity contribution in [2.45, 2.75) is 34.2 Å². The Morgan fingerprint density at radius 2 is 1.83 bits per heavy atom. The topological polar surface area (TPSA) is 54.2 Å². The summed E-state index contributed by atoms with van der Waals surface area (Å²) in [5, 5.41) is 0. The van der Waals surface area contributed by atoms with Gasteiger partial charge in [-0.1, -0.05) is 27.7 Å². The molecule has 0 unspecified atom stereocenters. The molecule has 0 saturated heterocycles. The number of hydrazine groups is 1. The van der Waals surface area contributed by atoms with Gasteiger partial charge in [0.15, 0.2) is 0 Å². The Hall–Kier alpha value is -1.13. The first kappa shape index (κ1) is 14.9. The van der Waals surface area contributed by atoms with Crippen molar-refractivity contribution in [3.8, 4) is 0 Å². The minimum Gasteiger partial charge on any atom is -0.308 e. The molecule has 0 spiro atoms. The van der Waals surface area contributed by atoms with Crippen LogP contribution in [0.3, 0.4) is 0 Å². The highest BCUT2D eigenvalue weighted by molar-refractivity contribution is 5.35. The van der Waals surface area contributed by atoms with Gasteiger partial charge in [-0.05, 0) is 29.5 Å². The summed E-state index contributed by atoms with van der Waals surface area (Å²) in [4.78, 5) is 6.62. The third-order valence-electron chi connectivity index (χ3n) is 2.63. The zero-order valence-corrected chi connectivity index (χ0v) is 12.0. The number of nitrogen functional groups attached to an aromatic ring is 1. The quantitative estimate of drug-likeness (QED) is 0.576. The van der Waals surface area contributed by atoms with E-state index in [1.54, 1.807) is 6.20 Å². The Morgan fingerprint density at radius 3 is 2.33 bits per heavy atom. The largest absolute Gasteiger partial charge is 0.308 e. The van der Waals surface area contributed by atoms with Crippen LogP contribution in [0.25, 0.3) is 0 Å².